The summed E-state index contributed by atoms with van der Waals surface area (Å²) in [6, 6.07) is 11.2. The summed E-state index contributed by atoms with van der Waals surface area (Å²) in [5, 5.41) is 20.3. The molecule has 3 N–H and O–H groups in total. The number of phenolic OH excluding ortho intramolecular Hbond substituents is 1. The van der Waals surface area contributed by atoms with E-state index >= 15 is 0 Å². The van der Waals surface area contributed by atoms with Gasteiger partial charge in [0, 0.05) is 18.2 Å². The van der Waals surface area contributed by atoms with Crippen LogP contribution < -0.4 is 5.32 Å². The minimum Gasteiger partial charge on any atom is -0.505 e. The van der Waals surface area contributed by atoms with Gasteiger partial charge in [0.1, 0.15) is 6.10 Å². The fourth-order valence-corrected chi connectivity index (χ4v) is 2.54. The first kappa shape index (κ1) is 22.6. The molecule has 0 heterocycles. The first-order chi connectivity index (χ1) is 14.3. The Hall–Kier alpha value is -3.72. The lowest BCUT2D eigenvalue weighted by molar-refractivity contribution is -0.131. The van der Waals surface area contributed by atoms with Gasteiger partial charge in [-0.1, -0.05) is 24.3 Å². The van der Waals surface area contributed by atoms with Crippen molar-refractivity contribution in [3.8, 4) is 5.75 Å². The van der Waals surface area contributed by atoms with E-state index in [-0.39, 0.29) is 17.7 Å². The smallest absolute Gasteiger partial charge is 0.414 e. The molecule has 2 aromatic rings. The Balaban J connectivity index is 2.29. The zero-order chi connectivity index (χ0) is 22.1. The Morgan fingerprint density at radius 3 is 2.47 bits per heavy atom. The minimum atomic E-state index is -1.31. The summed E-state index contributed by atoms with van der Waals surface area (Å²) in [6.07, 6.45) is -1.63. The molecule has 0 aliphatic carbocycles. The summed E-state index contributed by atoms with van der Waals surface area (Å²) < 4.78 is 24.6. The number of carboxylic acids is 1. The van der Waals surface area contributed by atoms with E-state index in [0.717, 1.165) is 24.3 Å². The Labute approximate surface area is 171 Å². The molecule has 0 unspecified atom stereocenters. The van der Waals surface area contributed by atoms with E-state index in [9.17, 15) is 23.9 Å². The average Bonchev–Trinajstić information content (AvgIpc) is 2.72. The summed E-state index contributed by atoms with van der Waals surface area (Å²) >= 11 is 0. The van der Waals surface area contributed by atoms with Crippen molar-refractivity contribution in [1.82, 2.24) is 5.32 Å². The third-order valence-corrected chi connectivity index (χ3v) is 3.87. The van der Waals surface area contributed by atoms with Gasteiger partial charge in [-0.15, -0.1) is 0 Å². The molecule has 2 aromatic carbocycles. The van der Waals surface area contributed by atoms with Crippen LogP contribution in [-0.2, 0) is 14.3 Å². The molecule has 0 aliphatic heterocycles. The molecule has 0 radical (unpaired) electrons. The molecule has 9 heteroatoms. The molecule has 158 valence electrons. The van der Waals surface area contributed by atoms with Crippen LogP contribution in [0.1, 0.15) is 28.9 Å². The van der Waals surface area contributed by atoms with Gasteiger partial charge in [0.2, 0.25) is 0 Å². The highest BCUT2D eigenvalue weighted by molar-refractivity contribution is 6.02. The van der Waals surface area contributed by atoms with Crippen molar-refractivity contribution in [3.63, 3.8) is 0 Å². The number of alkyl carbamates (subject to hydrolysis) is 1. The lowest BCUT2D eigenvalue weighted by Gasteiger charge is -2.25. The Bertz CT molecular complexity index is 930. The zero-order valence-corrected chi connectivity index (χ0v) is 15.9. The Morgan fingerprint density at radius 2 is 1.87 bits per heavy atom. The summed E-state index contributed by atoms with van der Waals surface area (Å²) in [5.41, 5.74) is 0.301. The van der Waals surface area contributed by atoms with Crippen LogP contribution >= 0.6 is 0 Å². The molecule has 2 amide bonds. The molecule has 0 saturated heterocycles. The van der Waals surface area contributed by atoms with Crippen LogP contribution in [0.5, 0.6) is 5.75 Å². The quantitative estimate of drug-likeness (QED) is 0.564. The number of rotatable bonds is 8. The standard InChI is InChI=1S/C21H20FNO7/c1-2-29-17(10-11-18(25)26)19(14-8-9-16(24)15(22)12-14)30-21(28)23-20(27)13-6-4-3-5-7-13/h3-12,17,19,24H,2H2,1H3,(H,25,26)(H,23,27,28)/b11-10+/t17-,19-/m1/s1. The van der Waals surface area contributed by atoms with E-state index in [2.05, 4.69) is 0 Å². The molecule has 2 atom stereocenters. The van der Waals surface area contributed by atoms with Crippen molar-refractivity contribution in [1.29, 1.82) is 0 Å². The minimum absolute atomic E-state index is 0.0844. The van der Waals surface area contributed by atoms with E-state index in [1.807, 2.05) is 5.32 Å². The van der Waals surface area contributed by atoms with Gasteiger partial charge in [-0.3, -0.25) is 10.1 Å². The number of aliphatic carboxylic acids is 1. The van der Waals surface area contributed by atoms with Crippen LogP contribution in [-0.4, -0.2) is 40.9 Å². The van der Waals surface area contributed by atoms with Gasteiger partial charge in [0.05, 0.1) is 0 Å². The molecule has 0 spiro atoms. The van der Waals surface area contributed by atoms with Crippen molar-refractivity contribution in [2.24, 2.45) is 0 Å². The number of carboxylic acid groups (broad SMARTS) is 1. The first-order valence-electron chi connectivity index (χ1n) is 8.90. The highest BCUT2D eigenvalue weighted by atomic mass is 19.1. The van der Waals surface area contributed by atoms with Crippen LogP contribution in [0.2, 0.25) is 0 Å². The van der Waals surface area contributed by atoms with Crippen LogP contribution in [0.3, 0.4) is 0 Å². The van der Waals surface area contributed by atoms with E-state index in [1.165, 1.54) is 18.2 Å². The summed E-state index contributed by atoms with van der Waals surface area (Å²) in [6.45, 7) is 1.76. The second kappa shape index (κ2) is 10.7. The molecule has 0 aliphatic rings. The van der Waals surface area contributed by atoms with Gasteiger partial charge in [-0.25, -0.2) is 14.0 Å². The van der Waals surface area contributed by atoms with E-state index < -0.39 is 41.7 Å². The normalized spacial score (nSPS) is 12.9. The largest absolute Gasteiger partial charge is 0.505 e. The van der Waals surface area contributed by atoms with Gasteiger partial charge in [0.15, 0.2) is 17.7 Å². The van der Waals surface area contributed by atoms with Crippen LogP contribution in [0.25, 0.3) is 0 Å². The number of halogens is 1. The summed E-state index contributed by atoms with van der Waals surface area (Å²) in [7, 11) is 0. The predicted octanol–water partition coefficient (Wildman–Crippen LogP) is 3.18. The second-order valence-electron chi connectivity index (χ2n) is 5.97. The third kappa shape index (κ3) is 6.42. The topological polar surface area (TPSA) is 122 Å². The van der Waals surface area contributed by atoms with Gasteiger partial charge in [0.25, 0.3) is 5.91 Å². The van der Waals surface area contributed by atoms with Crippen LogP contribution in [0, 0.1) is 5.82 Å². The second-order valence-corrected chi connectivity index (χ2v) is 5.97. The number of imide groups is 1. The third-order valence-electron chi connectivity index (χ3n) is 3.87. The summed E-state index contributed by atoms with van der Waals surface area (Å²) in [5.74, 6) is -3.57. The van der Waals surface area contributed by atoms with Crippen molar-refractivity contribution in [2.75, 3.05) is 6.61 Å². The number of amides is 2. The maximum Gasteiger partial charge on any atom is 0.414 e. The fraction of sp³-hybridized carbons (Fsp3) is 0.190. The van der Waals surface area contributed by atoms with Gasteiger partial charge >= 0.3 is 12.1 Å². The number of hydrogen-bond acceptors (Lipinski definition) is 6. The maximum atomic E-state index is 13.9. The van der Waals surface area contributed by atoms with Gasteiger partial charge in [-0.2, -0.15) is 0 Å². The number of nitrogens with one attached hydrogen (secondary N) is 1. The van der Waals surface area contributed by atoms with E-state index in [1.54, 1.807) is 25.1 Å². The lowest BCUT2D eigenvalue weighted by Crippen LogP contribution is -2.35. The number of phenols is 1. The maximum absolute atomic E-state index is 13.9. The zero-order valence-electron chi connectivity index (χ0n) is 15.9. The highest BCUT2D eigenvalue weighted by Crippen LogP contribution is 2.28. The molecule has 30 heavy (non-hydrogen) atoms. The molecule has 0 fully saturated rings. The summed E-state index contributed by atoms with van der Waals surface area (Å²) in [4.78, 5) is 35.4. The number of carbonyl (C=O) groups excluding carboxylic acids is 2. The molecule has 0 bridgehead atoms. The Kier molecular flexibility index (Phi) is 8.07. The number of carbonyl (C=O) groups is 3. The number of aromatic hydroxyl groups is 1. The average molecular weight is 417 g/mol. The Morgan fingerprint density at radius 1 is 1.17 bits per heavy atom. The number of ether oxygens (including phenoxy) is 2. The van der Waals surface area contributed by atoms with E-state index in [0.29, 0.717) is 0 Å². The molecule has 0 aromatic heterocycles. The lowest BCUT2D eigenvalue weighted by atomic mass is 10.0. The highest BCUT2D eigenvalue weighted by Gasteiger charge is 2.28. The first-order valence-corrected chi connectivity index (χ1v) is 8.90. The van der Waals surface area contributed by atoms with E-state index in [4.69, 9.17) is 14.6 Å². The van der Waals surface area contributed by atoms with Crippen LogP contribution in [0.4, 0.5) is 9.18 Å². The van der Waals surface area contributed by atoms with Crippen LogP contribution in [0.15, 0.2) is 60.7 Å². The fourth-order valence-electron chi connectivity index (χ4n) is 2.54. The van der Waals surface area contributed by atoms with Crippen molar-refractivity contribution in [3.05, 3.63) is 77.6 Å². The monoisotopic (exact) mass is 417 g/mol. The molecular formula is C21H20FNO7. The molecular weight excluding hydrogens is 397 g/mol. The molecule has 8 nitrogen and oxygen atoms in total. The van der Waals surface area contributed by atoms with Crippen molar-refractivity contribution >= 4 is 18.0 Å². The predicted molar refractivity (Wildman–Crippen MR) is 103 cm³/mol. The number of benzene rings is 2. The molecule has 2 rings (SSSR count). The number of hydrogen-bond donors (Lipinski definition) is 3. The van der Waals surface area contributed by atoms with Gasteiger partial charge < -0.3 is 19.7 Å². The van der Waals surface area contributed by atoms with Crippen molar-refractivity contribution < 1.29 is 38.5 Å². The molecule has 0 saturated carbocycles. The van der Waals surface area contributed by atoms with Gasteiger partial charge in [-0.05, 0) is 42.8 Å². The van der Waals surface area contributed by atoms with Crippen molar-refractivity contribution in [2.45, 2.75) is 19.1 Å². The SMILES string of the molecule is CCO[C@H](/C=C/C(=O)O)[C@H](OC(=O)NC(=O)c1ccccc1)c1ccc(O)c(F)c1.